The third-order valence-corrected chi connectivity index (χ3v) is 4.69. The monoisotopic (exact) mass is 447 g/mol. The standard InChI is InChI=1S/C25H22ClN3O3/c1-2-13-31-23-10-7-18(8-11-23)25(30)29-28-16-21-14-22(26)9-12-24(21)32-17-20-6-4-3-5-19(20)15-27/h3-12,14,16H,2,13,17H2,1H3,(H,29,30)/b28-16-. The first-order valence-corrected chi connectivity index (χ1v) is 10.4. The highest BCUT2D eigenvalue weighted by atomic mass is 35.5. The predicted octanol–water partition coefficient (Wildman–Crippen LogP) is 5.34. The number of hydrogen-bond acceptors (Lipinski definition) is 5. The SMILES string of the molecule is CCCOc1ccc(C(=O)N/N=C\c2cc(Cl)ccc2OCc2ccccc2C#N)cc1. The minimum Gasteiger partial charge on any atom is -0.494 e. The van der Waals surface area contributed by atoms with Crippen LogP contribution in [0.3, 0.4) is 0 Å². The molecule has 3 aromatic carbocycles. The molecular formula is C25H22ClN3O3. The van der Waals surface area contributed by atoms with Crippen molar-refractivity contribution in [1.29, 1.82) is 5.26 Å². The van der Waals surface area contributed by atoms with Crippen molar-refractivity contribution in [2.75, 3.05) is 6.61 Å². The van der Waals surface area contributed by atoms with Gasteiger partial charge in [-0.15, -0.1) is 0 Å². The van der Waals surface area contributed by atoms with Crippen LogP contribution in [-0.4, -0.2) is 18.7 Å². The van der Waals surface area contributed by atoms with E-state index in [1.807, 2.05) is 19.1 Å². The number of amides is 1. The van der Waals surface area contributed by atoms with E-state index in [9.17, 15) is 10.1 Å². The number of rotatable bonds is 9. The Morgan fingerprint density at radius 3 is 2.66 bits per heavy atom. The average Bonchev–Trinajstić information content (AvgIpc) is 2.82. The maximum Gasteiger partial charge on any atom is 0.271 e. The summed E-state index contributed by atoms with van der Waals surface area (Å²) in [5.41, 5.74) is 4.87. The zero-order chi connectivity index (χ0) is 22.8. The molecule has 1 N–H and O–H groups in total. The van der Waals surface area contributed by atoms with E-state index in [1.54, 1.807) is 54.6 Å². The lowest BCUT2D eigenvalue weighted by Gasteiger charge is -2.10. The Hall–Kier alpha value is -3.82. The van der Waals surface area contributed by atoms with Gasteiger partial charge in [0.05, 0.1) is 24.5 Å². The van der Waals surface area contributed by atoms with Crippen LogP contribution < -0.4 is 14.9 Å². The van der Waals surface area contributed by atoms with E-state index in [0.717, 1.165) is 12.0 Å². The maximum absolute atomic E-state index is 12.3. The fourth-order valence-electron chi connectivity index (χ4n) is 2.81. The molecule has 0 saturated heterocycles. The molecule has 0 unspecified atom stereocenters. The fourth-order valence-corrected chi connectivity index (χ4v) is 2.99. The lowest BCUT2D eigenvalue weighted by atomic mass is 10.1. The molecule has 0 bridgehead atoms. The van der Waals surface area contributed by atoms with E-state index < -0.39 is 0 Å². The van der Waals surface area contributed by atoms with Gasteiger partial charge in [-0.25, -0.2) is 5.43 Å². The van der Waals surface area contributed by atoms with Gasteiger partial charge in [-0.3, -0.25) is 4.79 Å². The molecule has 0 fully saturated rings. The summed E-state index contributed by atoms with van der Waals surface area (Å²) in [7, 11) is 0. The Morgan fingerprint density at radius 2 is 1.91 bits per heavy atom. The van der Waals surface area contributed by atoms with Crippen LogP contribution in [0, 0.1) is 11.3 Å². The molecule has 0 aliphatic rings. The Balaban J connectivity index is 1.65. The Kier molecular flexibility index (Phi) is 8.24. The molecule has 1 amide bonds. The van der Waals surface area contributed by atoms with Crippen molar-refractivity contribution in [1.82, 2.24) is 5.43 Å². The van der Waals surface area contributed by atoms with Gasteiger partial charge in [0.25, 0.3) is 5.91 Å². The summed E-state index contributed by atoms with van der Waals surface area (Å²) in [4.78, 5) is 12.3. The molecule has 7 heteroatoms. The molecule has 0 spiro atoms. The Morgan fingerprint density at radius 1 is 1.12 bits per heavy atom. The third-order valence-electron chi connectivity index (χ3n) is 4.45. The molecule has 0 heterocycles. The first-order valence-electron chi connectivity index (χ1n) is 10.1. The van der Waals surface area contributed by atoms with Crippen LogP contribution in [-0.2, 0) is 6.61 Å². The molecule has 3 rings (SSSR count). The van der Waals surface area contributed by atoms with Crippen LogP contribution in [0.5, 0.6) is 11.5 Å². The summed E-state index contributed by atoms with van der Waals surface area (Å²) < 4.78 is 11.4. The molecule has 0 radical (unpaired) electrons. The third kappa shape index (κ3) is 6.34. The maximum atomic E-state index is 12.3. The number of nitriles is 1. The van der Waals surface area contributed by atoms with Gasteiger partial charge < -0.3 is 9.47 Å². The predicted molar refractivity (Wildman–Crippen MR) is 124 cm³/mol. The molecule has 0 aromatic heterocycles. The van der Waals surface area contributed by atoms with Crippen LogP contribution in [0.4, 0.5) is 0 Å². The van der Waals surface area contributed by atoms with Crippen molar-refractivity contribution < 1.29 is 14.3 Å². The zero-order valence-electron chi connectivity index (χ0n) is 17.5. The largest absolute Gasteiger partial charge is 0.494 e. The first-order chi connectivity index (χ1) is 15.6. The molecular weight excluding hydrogens is 426 g/mol. The van der Waals surface area contributed by atoms with Gasteiger partial charge in [0.1, 0.15) is 18.1 Å². The lowest BCUT2D eigenvalue weighted by Crippen LogP contribution is -2.17. The number of carbonyl (C=O) groups is 1. The van der Waals surface area contributed by atoms with Crippen molar-refractivity contribution >= 4 is 23.7 Å². The summed E-state index contributed by atoms with van der Waals surface area (Å²) in [5, 5.41) is 13.8. The molecule has 0 aliphatic heterocycles. The van der Waals surface area contributed by atoms with Crippen LogP contribution in [0.15, 0.2) is 71.8 Å². The van der Waals surface area contributed by atoms with Crippen LogP contribution in [0.2, 0.25) is 5.02 Å². The summed E-state index contributed by atoms with van der Waals surface area (Å²) >= 11 is 6.11. The lowest BCUT2D eigenvalue weighted by molar-refractivity contribution is 0.0955. The van der Waals surface area contributed by atoms with Gasteiger partial charge in [-0.05, 0) is 55.0 Å². The van der Waals surface area contributed by atoms with Gasteiger partial charge in [0.2, 0.25) is 0 Å². The smallest absolute Gasteiger partial charge is 0.271 e. The second kappa shape index (κ2) is 11.5. The number of benzene rings is 3. The van der Waals surface area contributed by atoms with Gasteiger partial charge in [-0.1, -0.05) is 36.7 Å². The van der Waals surface area contributed by atoms with Gasteiger partial charge in [0, 0.05) is 21.7 Å². The number of nitrogens with zero attached hydrogens (tertiary/aromatic N) is 2. The molecule has 0 saturated carbocycles. The van der Waals surface area contributed by atoms with E-state index in [0.29, 0.717) is 39.8 Å². The molecule has 162 valence electrons. The molecule has 0 atom stereocenters. The number of carbonyl (C=O) groups excluding carboxylic acids is 1. The molecule has 32 heavy (non-hydrogen) atoms. The molecule has 6 nitrogen and oxygen atoms in total. The fraction of sp³-hybridized carbons (Fsp3) is 0.160. The number of ether oxygens (including phenoxy) is 2. The van der Waals surface area contributed by atoms with Gasteiger partial charge in [-0.2, -0.15) is 10.4 Å². The van der Waals surface area contributed by atoms with Crippen molar-refractivity contribution in [2.24, 2.45) is 5.10 Å². The Labute approximate surface area is 192 Å². The number of halogens is 1. The summed E-state index contributed by atoms with van der Waals surface area (Å²) in [6.45, 7) is 2.87. The minimum atomic E-state index is -0.351. The van der Waals surface area contributed by atoms with Crippen molar-refractivity contribution in [2.45, 2.75) is 20.0 Å². The van der Waals surface area contributed by atoms with Crippen molar-refractivity contribution in [3.63, 3.8) is 0 Å². The summed E-state index contributed by atoms with van der Waals surface area (Å²) in [6, 6.07) is 21.3. The molecule has 3 aromatic rings. The first kappa shape index (κ1) is 22.9. The van der Waals surface area contributed by atoms with E-state index in [2.05, 4.69) is 16.6 Å². The van der Waals surface area contributed by atoms with Crippen LogP contribution in [0.1, 0.15) is 40.4 Å². The van der Waals surface area contributed by atoms with E-state index in [-0.39, 0.29) is 12.5 Å². The second-order valence-electron chi connectivity index (χ2n) is 6.81. The van der Waals surface area contributed by atoms with E-state index in [4.69, 9.17) is 21.1 Å². The zero-order valence-corrected chi connectivity index (χ0v) is 18.3. The Bertz CT molecular complexity index is 1140. The number of hydrazone groups is 1. The highest BCUT2D eigenvalue weighted by Gasteiger charge is 2.08. The normalized spacial score (nSPS) is 10.5. The van der Waals surface area contributed by atoms with Gasteiger partial charge in [0.15, 0.2) is 0 Å². The van der Waals surface area contributed by atoms with Crippen molar-refractivity contribution in [3.05, 3.63) is 94.0 Å². The van der Waals surface area contributed by atoms with Gasteiger partial charge >= 0.3 is 0 Å². The van der Waals surface area contributed by atoms with Crippen LogP contribution >= 0.6 is 11.6 Å². The number of hydrogen-bond donors (Lipinski definition) is 1. The quantitative estimate of drug-likeness (QED) is 0.354. The van der Waals surface area contributed by atoms with Crippen LogP contribution in [0.25, 0.3) is 0 Å². The van der Waals surface area contributed by atoms with Crippen molar-refractivity contribution in [3.8, 4) is 17.6 Å². The summed E-state index contributed by atoms with van der Waals surface area (Å²) in [5.74, 6) is 0.888. The highest BCUT2D eigenvalue weighted by Crippen LogP contribution is 2.23. The number of nitrogens with one attached hydrogen (secondary N) is 1. The van der Waals surface area contributed by atoms with E-state index in [1.165, 1.54) is 6.21 Å². The minimum absolute atomic E-state index is 0.213. The summed E-state index contributed by atoms with van der Waals surface area (Å²) in [6.07, 6.45) is 2.38. The highest BCUT2D eigenvalue weighted by molar-refractivity contribution is 6.30. The average molecular weight is 448 g/mol. The topological polar surface area (TPSA) is 83.7 Å². The van der Waals surface area contributed by atoms with E-state index >= 15 is 0 Å². The second-order valence-corrected chi connectivity index (χ2v) is 7.25. The molecule has 0 aliphatic carbocycles.